The molecular weight excluding hydrogens is 503 g/mol. The quantitative estimate of drug-likeness (QED) is 0.347. The van der Waals surface area contributed by atoms with Crippen molar-refractivity contribution in [2.45, 2.75) is 51.4 Å². The largest absolute Gasteiger partial charge is 0.486 e. The second-order valence-corrected chi connectivity index (χ2v) is 10.0. The van der Waals surface area contributed by atoms with Crippen molar-refractivity contribution in [3.63, 3.8) is 0 Å². The lowest BCUT2D eigenvalue weighted by Crippen LogP contribution is -2.37. The highest BCUT2D eigenvalue weighted by molar-refractivity contribution is 5.83. The Morgan fingerprint density at radius 2 is 1.92 bits per heavy atom. The van der Waals surface area contributed by atoms with Gasteiger partial charge in [-0.15, -0.1) is 5.10 Å². The molecule has 4 heterocycles. The van der Waals surface area contributed by atoms with Crippen molar-refractivity contribution in [3.8, 4) is 11.5 Å². The van der Waals surface area contributed by atoms with Gasteiger partial charge >= 0.3 is 0 Å². The van der Waals surface area contributed by atoms with Crippen LogP contribution in [0, 0.1) is 5.82 Å². The molecule has 11 heteroatoms. The Bertz CT molecular complexity index is 1500. The van der Waals surface area contributed by atoms with Crippen LogP contribution in [0.5, 0.6) is 11.5 Å². The lowest BCUT2D eigenvalue weighted by Gasteiger charge is -2.32. The first-order valence-corrected chi connectivity index (χ1v) is 13.4. The zero-order valence-electron chi connectivity index (χ0n) is 21.8. The fourth-order valence-corrected chi connectivity index (χ4v) is 5.41. The van der Waals surface area contributed by atoms with Crippen molar-refractivity contribution in [1.82, 2.24) is 30.1 Å². The number of fused-ring (bicyclic) bond motifs is 2. The third kappa shape index (κ3) is 5.50. The number of hydrogen-bond donors (Lipinski definition) is 1. The summed E-state index contributed by atoms with van der Waals surface area (Å²) in [6, 6.07) is 11.8. The number of H-pyrrole nitrogens is 1. The van der Waals surface area contributed by atoms with Gasteiger partial charge in [-0.2, -0.15) is 0 Å². The molecule has 2 aromatic carbocycles. The molecule has 0 amide bonds. The number of benzene rings is 2. The molecule has 0 radical (unpaired) electrons. The van der Waals surface area contributed by atoms with Crippen LogP contribution in [0.2, 0.25) is 0 Å². The summed E-state index contributed by atoms with van der Waals surface area (Å²) >= 11 is 0. The molecule has 0 bridgehead atoms. The van der Waals surface area contributed by atoms with E-state index in [0.29, 0.717) is 61.3 Å². The number of tetrazole rings is 1. The minimum Gasteiger partial charge on any atom is -0.486 e. The summed E-state index contributed by atoms with van der Waals surface area (Å²) in [5.41, 5.74) is 2.07. The Morgan fingerprint density at radius 3 is 2.67 bits per heavy atom. The van der Waals surface area contributed by atoms with Crippen molar-refractivity contribution < 1.29 is 18.6 Å². The first-order chi connectivity index (χ1) is 19.1. The van der Waals surface area contributed by atoms with E-state index < -0.39 is 0 Å². The first-order valence-electron chi connectivity index (χ1n) is 13.4. The van der Waals surface area contributed by atoms with Crippen LogP contribution in [0.1, 0.15) is 49.2 Å². The molecule has 10 nitrogen and oxygen atoms in total. The maximum absolute atomic E-state index is 13.4. The number of hydrogen-bond acceptors (Lipinski definition) is 8. The van der Waals surface area contributed by atoms with Gasteiger partial charge in [-0.3, -0.25) is 9.69 Å². The lowest BCUT2D eigenvalue weighted by atomic mass is 10.1. The second kappa shape index (κ2) is 11.1. The van der Waals surface area contributed by atoms with Crippen LogP contribution >= 0.6 is 0 Å². The second-order valence-electron chi connectivity index (χ2n) is 10.0. The number of nitrogens with zero attached hydrogens (tertiary/aromatic N) is 5. The average Bonchev–Trinajstić information content (AvgIpc) is 3.62. The number of halogens is 1. The molecule has 0 aliphatic carbocycles. The molecule has 2 aliphatic heterocycles. The fourth-order valence-electron chi connectivity index (χ4n) is 5.41. The van der Waals surface area contributed by atoms with Crippen LogP contribution < -0.4 is 15.0 Å². The van der Waals surface area contributed by atoms with E-state index in [9.17, 15) is 9.18 Å². The molecule has 2 atom stereocenters. The van der Waals surface area contributed by atoms with Gasteiger partial charge in [-0.1, -0.05) is 19.1 Å². The van der Waals surface area contributed by atoms with Gasteiger partial charge in [-0.25, -0.2) is 9.07 Å². The van der Waals surface area contributed by atoms with Crippen LogP contribution in [0.25, 0.3) is 10.9 Å². The van der Waals surface area contributed by atoms with Gasteiger partial charge in [0.05, 0.1) is 24.2 Å². The maximum atomic E-state index is 13.4. The van der Waals surface area contributed by atoms with Crippen molar-refractivity contribution in [3.05, 3.63) is 75.6 Å². The Hall–Kier alpha value is -3.83. The molecule has 1 saturated heterocycles. The van der Waals surface area contributed by atoms with Gasteiger partial charge in [0.1, 0.15) is 19.0 Å². The molecule has 0 unspecified atom stereocenters. The number of aromatic nitrogens is 5. The smallest absolute Gasteiger partial charge is 0.252 e. The van der Waals surface area contributed by atoms with Crippen LogP contribution in [0.3, 0.4) is 0 Å². The van der Waals surface area contributed by atoms with Crippen molar-refractivity contribution >= 4 is 10.9 Å². The normalized spacial score (nSPS) is 17.7. The molecule has 2 aromatic heterocycles. The van der Waals surface area contributed by atoms with Gasteiger partial charge < -0.3 is 19.2 Å². The highest BCUT2D eigenvalue weighted by Gasteiger charge is 2.29. The van der Waals surface area contributed by atoms with Gasteiger partial charge in [0, 0.05) is 36.7 Å². The zero-order chi connectivity index (χ0) is 26.8. The summed E-state index contributed by atoms with van der Waals surface area (Å²) < 4.78 is 32.6. The van der Waals surface area contributed by atoms with Crippen LogP contribution in [0.15, 0.2) is 47.3 Å². The monoisotopic (exact) mass is 534 g/mol. The highest BCUT2D eigenvalue weighted by atomic mass is 19.1. The molecule has 4 aromatic rings. The molecule has 1 N–H and O–H groups in total. The maximum Gasteiger partial charge on any atom is 0.252 e. The molecular formula is C28H31FN6O4. The van der Waals surface area contributed by atoms with Gasteiger partial charge in [0.25, 0.3) is 5.56 Å². The summed E-state index contributed by atoms with van der Waals surface area (Å²) in [5.74, 6) is 1.72. The summed E-state index contributed by atoms with van der Waals surface area (Å²) in [5, 5.41) is 13.5. The Morgan fingerprint density at radius 1 is 1.13 bits per heavy atom. The third-order valence-corrected chi connectivity index (χ3v) is 7.35. The number of pyridine rings is 1. The Kier molecular flexibility index (Phi) is 7.25. The topological polar surface area (TPSA) is 107 Å². The minimum absolute atomic E-state index is 0.0672. The Labute approximate surface area is 224 Å². The van der Waals surface area contributed by atoms with E-state index in [1.165, 1.54) is 12.1 Å². The van der Waals surface area contributed by atoms with Gasteiger partial charge in [0.15, 0.2) is 17.3 Å². The highest BCUT2D eigenvalue weighted by Crippen LogP contribution is 2.34. The number of rotatable bonds is 9. The van der Waals surface area contributed by atoms with E-state index in [0.717, 1.165) is 36.8 Å². The number of ether oxygens (including phenoxy) is 3. The first kappa shape index (κ1) is 25.4. The molecule has 39 heavy (non-hydrogen) atoms. The summed E-state index contributed by atoms with van der Waals surface area (Å²) in [4.78, 5) is 18.5. The zero-order valence-corrected chi connectivity index (χ0v) is 21.8. The molecule has 2 aliphatic rings. The van der Waals surface area contributed by atoms with Crippen LogP contribution in [0.4, 0.5) is 4.39 Å². The van der Waals surface area contributed by atoms with E-state index in [-0.39, 0.29) is 23.5 Å². The third-order valence-electron chi connectivity index (χ3n) is 7.35. The van der Waals surface area contributed by atoms with E-state index in [2.05, 4.69) is 32.3 Å². The van der Waals surface area contributed by atoms with Crippen molar-refractivity contribution in [2.75, 3.05) is 26.4 Å². The molecule has 1 fully saturated rings. The summed E-state index contributed by atoms with van der Waals surface area (Å²) in [6.07, 6.45) is 2.77. The lowest BCUT2D eigenvalue weighted by molar-refractivity contribution is 0.0489. The molecule has 0 spiro atoms. The predicted octanol–water partition coefficient (Wildman–Crippen LogP) is 3.61. The van der Waals surface area contributed by atoms with E-state index in [1.807, 2.05) is 18.2 Å². The van der Waals surface area contributed by atoms with Crippen LogP contribution in [-0.2, 0) is 17.8 Å². The Balaban J connectivity index is 1.32. The number of aromatic amines is 1. The predicted molar refractivity (Wildman–Crippen MR) is 141 cm³/mol. The average molecular weight is 535 g/mol. The molecule has 204 valence electrons. The number of nitrogens with one attached hydrogen (secondary N) is 1. The van der Waals surface area contributed by atoms with Crippen LogP contribution in [-0.4, -0.2) is 62.6 Å². The van der Waals surface area contributed by atoms with Crippen molar-refractivity contribution in [1.29, 1.82) is 0 Å². The van der Waals surface area contributed by atoms with Gasteiger partial charge in [0.2, 0.25) is 0 Å². The standard InChI is InChI=1S/C28H31FN6O4/c1-2-24(27-31-32-33-35(27)15-18-5-7-21(29)8-6-18)34(17-22-4-3-9-37-22)16-20-12-19-13-25-26(39-11-10-38-25)14-23(19)30-28(20)36/h5-8,12-14,22,24H,2-4,9-11,15-17H2,1H3,(H,30,36)/t22-,24-/m1/s1. The van der Waals surface area contributed by atoms with E-state index >= 15 is 0 Å². The summed E-state index contributed by atoms with van der Waals surface area (Å²) in [7, 11) is 0. The van der Waals surface area contributed by atoms with Crippen molar-refractivity contribution in [2.24, 2.45) is 0 Å². The molecule has 0 saturated carbocycles. The SMILES string of the molecule is CC[C@H](c1nnnn1Cc1ccc(F)cc1)N(Cc1cc2cc3c(cc2[nH]c1=O)OCCO3)C[C@H]1CCCO1. The van der Waals surface area contributed by atoms with Gasteiger partial charge in [-0.05, 0) is 59.5 Å². The minimum atomic E-state index is -0.287. The van der Waals surface area contributed by atoms with E-state index in [1.54, 1.807) is 16.8 Å². The van der Waals surface area contributed by atoms with E-state index in [4.69, 9.17) is 14.2 Å². The summed E-state index contributed by atoms with van der Waals surface area (Å²) in [6.45, 7) is 5.24. The molecule has 6 rings (SSSR count). The fraction of sp³-hybridized carbons (Fsp3) is 0.429.